The molecule has 3 heteroatoms. The summed E-state index contributed by atoms with van der Waals surface area (Å²) in [5.41, 5.74) is 3.52. The molecule has 0 radical (unpaired) electrons. The Labute approximate surface area is 83.6 Å². The van der Waals surface area contributed by atoms with Gasteiger partial charge in [0.15, 0.2) is 0 Å². The summed E-state index contributed by atoms with van der Waals surface area (Å²) in [6.45, 7) is 4.16. The molecule has 0 bridgehead atoms. The van der Waals surface area contributed by atoms with Gasteiger partial charge < -0.3 is 10.3 Å². The molecule has 0 fully saturated rings. The van der Waals surface area contributed by atoms with E-state index in [0.717, 1.165) is 30.5 Å². The highest BCUT2D eigenvalue weighted by molar-refractivity contribution is 5.78. The van der Waals surface area contributed by atoms with Crippen molar-refractivity contribution in [3.63, 3.8) is 0 Å². The summed E-state index contributed by atoms with van der Waals surface area (Å²) in [6.07, 6.45) is 4.92. The van der Waals surface area contributed by atoms with E-state index in [9.17, 15) is 0 Å². The number of H-pyrrole nitrogens is 1. The Morgan fingerprint density at radius 3 is 3.29 bits per heavy atom. The molecule has 3 nitrogen and oxygen atoms in total. The fraction of sp³-hybridized carbons (Fsp3) is 0.364. The van der Waals surface area contributed by atoms with Crippen LogP contribution in [-0.2, 0) is 6.42 Å². The number of likely N-dealkylation sites (N-methyl/N-ethyl adjacent to an activating group) is 1. The highest BCUT2D eigenvalue weighted by Crippen LogP contribution is 2.14. The zero-order chi connectivity index (χ0) is 9.80. The maximum Gasteiger partial charge on any atom is 0.0911 e. The van der Waals surface area contributed by atoms with Gasteiger partial charge in [-0.2, -0.15) is 0 Å². The van der Waals surface area contributed by atoms with Crippen molar-refractivity contribution in [3.05, 3.63) is 30.1 Å². The van der Waals surface area contributed by atoms with E-state index in [1.807, 2.05) is 12.3 Å². The van der Waals surface area contributed by atoms with E-state index in [1.165, 1.54) is 5.56 Å². The van der Waals surface area contributed by atoms with Gasteiger partial charge in [-0.1, -0.05) is 6.92 Å². The molecule has 0 aliphatic carbocycles. The number of rotatable bonds is 4. The van der Waals surface area contributed by atoms with Crippen LogP contribution in [0.25, 0.3) is 11.0 Å². The molecule has 0 aromatic carbocycles. The molecule has 0 spiro atoms. The minimum absolute atomic E-state index is 1.01. The first kappa shape index (κ1) is 9.21. The lowest BCUT2D eigenvalue weighted by molar-refractivity contribution is 0.718. The minimum atomic E-state index is 1.01. The largest absolute Gasteiger partial charge is 0.360 e. The molecular formula is C11H15N3. The zero-order valence-electron chi connectivity index (χ0n) is 8.38. The smallest absolute Gasteiger partial charge is 0.0911 e. The number of pyridine rings is 1. The van der Waals surface area contributed by atoms with Gasteiger partial charge in [0.25, 0.3) is 0 Å². The van der Waals surface area contributed by atoms with Crippen LogP contribution in [0.1, 0.15) is 12.5 Å². The molecule has 74 valence electrons. The third kappa shape index (κ3) is 1.77. The van der Waals surface area contributed by atoms with Crippen molar-refractivity contribution in [3.8, 4) is 0 Å². The molecule has 2 N–H and O–H groups in total. The molecule has 0 aliphatic rings. The van der Waals surface area contributed by atoms with Gasteiger partial charge in [0.1, 0.15) is 0 Å². The Morgan fingerprint density at radius 2 is 2.43 bits per heavy atom. The van der Waals surface area contributed by atoms with Crippen molar-refractivity contribution >= 4 is 11.0 Å². The molecule has 0 amide bonds. The molecule has 0 saturated heterocycles. The van der Waals surface area contributed by atoms with Gasteiger partial charge in [-0.05, 0) is 37.2 Å². The molecule has 0 atom stereocenters. The molecule has 2 heterocycles. The lowest BCUT2D eigenvalue weighted by Gasteiger charge is -1.99. The number of nitrogens with zero attached hydrogens (tertiary/aromatic N) is 1. The fourth-order valence-electron chi connectivity index (χ4n) is 1.60. The maximum atomic E-state index is 4.36. The maximum absolute atomic E-state index is 4.36. The number of aromatic nitrogens is 2. The van der Waals surface area contributed by atoms with E-state index in [4.69, 9.17) is 0 Å². The fourth-order valence-corrected chi connectivity index (χ4v) is 1.60. The van der Waals surface area contributed by atoms with Crippen LogP contribution < -0.4 is 5.32 Å². The Bertz CT molecular complexity index is 406. The van der Waals surface area contributed by atoms with Crippen molar-refractivity contribution in [2.45, 2.75) is 13.3 Å². The van der Waals surface area contributed by atoms with Gasteiger partial charge in [-0.3, -0.25) is 4.98 Å². The van der Waals surface area contributed by atoms with Gasteiger partial charge in [0.2, 0.25) is 0 Å². The van der Waals surface area contributed by atoms with Crippen LogP contribution in [0, 0.1) is 0 Å². The van der Waals surface area contributed by atoms with Crippen molar-refractivity contribution in [2.75, 3.05) is 13.1 Å². The molecule has 0 aliphatic heterocycles. The van der Waals surface area contributed by atoms with Crippen LogP contribution in [0.4, 0.5) is 0 Å². The normalized spacial score (nSPS) is 10.9. The third-order valence-electron chi connectivity index (χ3n) is 2.33. The second-order valence-corrected chi connectivity index (χ2v) is 3.32. The van der Waals surface area contributed by atoms with Crippen molar-refractivity contribution < 1.29 is 0 Å². The monoisotopic (exact) mass is 189 g/mol. The van der Waals surface area contributed by atoms with E-state index in [-0.39, 0.29) is 0 Å². The Balaban J connectivity index is 2.17. The van der Waals surface area contributed by atoms with Crippen molar-refractivity contribution in [2.24, 2.45) is 0 Å². The van der Waals surface area contributed by atoms with Crippen LogP contribution in [-0.4, -0.2) is 23.1 Å². The van der Waals surface area contributed by atoms with Gasteiger partial charge in [0, 0.05) is 12.4 Å². The van der Waals surface area contributed by atoms with Gasteiger partial charge in [-0.25, -0.2) is 0 Å². The number of aromatic amines is 1. The van der Waals surface area contributed by atoms with E-state index in [1.54, 1.807) is 0 Å². The average molecular weight is 189 g/mol. The Morgan fingerprint density at radius 1 is 1.50 bits per heavy atom. The highest BCUT2D eigenvalue weighted by Gasteiger charge is 2.02. The number of hydrogen-bond acceptors (Lipinski definition) is 2. The standard InChI is InChI=1S/C11H15N3/c1-2-12-7-5-9-8-14-10-4-3-6-13-11(9)10/h3-4,6,8,12,14H,2,5,7H2,1H3. The number of hydrogen-bond donors (Lipinski definition) is 2. The lowest BCUT2D eigenvalue weighted by atomic mass is 10.2. The summed E-state index contributed by atoms with van der Waals surface area (Å²) >= 11 is 0. The van der Waals surface area contributed by atoms with E-state index in [0.29, 0.717) is 0 Å². The summed E-state index contributed by atoms with van der Waals surface area (Å²) in [6, 6.07) is 4.01. The van der Waals surface area contributed by atoms with Crippen LogP contribution >= 0.6 is 0 Å². The summed E-state index contributed by atoms with van der Waals surface area (Å²) in [4.78, 5) is 7.59. The number of nitrogens with one attached hydrogen (secondary N) is 2. The van der Waals surface area contributed by atoms with Crippen molar-refractivity contribution in [1.29, 1.82) is 0 Å². The average Bonchev–Trinajstić information content (AvgIpc) is 2.63. The predicted octanol–water partition coefficient (Wildman–Crippen LogP) is 1.71. The first-order valence-corrected chi connectivity index (χ1v) is 5.03. The van der Waals surface area contributed by atoms with Gasteiger partial charge in [-0.15, -0.1) is 0 Å². The minimum Gasteiger partial charge on any atom is -0.360 e. The van der Waals surface area contributed by atoms with E-state index < -0.39 is 0 Å². The Kier molecular flexibility index (Phi) is 2.79. The Hall–Kier alpha value is -1.35. The first-order chi connectivity index (χ1) is 6.92. The third-order valence-corrected chi connectivity index (χ3v) is 2.33. The molecule has 2 rings (SSSR count). The first-order valence-electron chi connectivity index (χ1n) is 5.03. The van der Waals surface area contributed by atoms with Gasteiger partial charge >= 0.3 is 0 Å². The topological polar surface area (TPSA) is 40.7 Å². The summed E-state index contributed by atoms with van der Waals surface area (Å²) in [5.74, 6) is 0. The SMILES string of the molecule is CCNCCc1c[nH]c2cccnc12. The highest BCUT2D eigenvalue weighted by atomic mass is 14.8. The van der Waals surface area contributed by atoms with Crippen LogP contribution in [0.5, 0.6) is 0 Å². The van der Waals surface area contributed by atoms with E-state index >= 15 is 0 Å². The summed E-state index contributed by atoms with van der Waals surface area (Å²) < 4.78 is 0. The van der Waals surface area contributed by atoms with E-state index in [2.05, 4.69) is 34.5 Å². The van der Waals surface area contributed by atoms with Crippen LogP contribution in [0.3, 0.4) is 0 Å². The molecule has 2 aromatic heterocycles. The second-order valence-electron chi connectivity index (χ2n) is 3.32. The van der Waals surface area contributed by atoms with Crippen molar-refractivity contribution in [1.82, 2.24) is 15.3 Å². The number of fused-ring (bicyclic) bond motifs is 1. The summed E-state index contributed by atoms with van der Waals surface area (Å²) in [5, 5.41) is 3.31. The molecular weight excluding hydrogens is 174 g/mol. The predicted molar refractivity (Wildman–Crippen MR) is 58.3 cm³/mol. The molecule has 0 unspecified atom stereocenters. The zero-order valence-corrected chi connectivity index (χ0v) is 8.38. The molecule has 14 heavy (non-hydrogen) atoms. The molecule has 0 saturated carbocycles. The second kappa shape index (κ2) is 4.24. The lowest BCUT2D eigenvalue weighted by Crippen LogP contribution is -2.15. The summed E-state index contributed by atoms with van der Waals surface area (Å²) in [7, 11) is 0. The molecule has 2 aromatic rings. The van der Waals surface area contributed by atoms with Crippen LogP contribution in [0.2, 0.25) is 0 Å². The van der Waals surface area contributed by atoms with Crippen LogP contribution in [0.15, 0.2) is 24.5 Å². The van der Waals surface area contributed by atoms with Gasteiger partial charge in [0.05, 0.1) is 11.0 Å². The quantitative estimate of drug-likeness (QED) is 0.719.